The third-order valence-corrected chi connectivity index (χ3v) is 1.87. The lowest BCUT2D eigenvalue weighted by Crippen LogP contribution is -2.03. The summed E-state index contributed by atoms with van der Waals surface area (Å²) in [6, 6.07) is 0. The molecule has 1 saturated carbocycles. The average Bonchev–Trinajstić information content (AvgIpc) is 2.76. The number of hydrogen-bond donors (Lipinski definition) is 1. The average molecular weight is 150 g/mol. The molecule has 11 heavy (non-hydrogen) atoms. The van der Waals surface area contributed by atoms with Crippen LogP contribution in [0.25, 0.3) is 0 Å². The standard InChI is InChI=1S/C7H10N4/c1-4-6(5-2-3-5)9-7(8)11-10-4/h5H,2-3H2,1H3,(H2,8,9,11). The van der Waals surface area contributed by atoms with Crippen LogP contribution in [0.4, 0.5) is 5.95 Å². The van der Waals surface area contributed by atoms with E-state index in [1.165, 1.54) is 12.8 Å². The second-order valence-corrected chi connectivity index (χ2v) is 2.91. The lowest BCUT2D eigenvalue weighted by atomic mass is 10.2. The molecule has 1 aliphatic rings. The molecule has 0 aromatic carbocycles. The van der Waals surface area contributed by atoms with Crippen LogP contribution in [-0.2, 0) is 0 Å². The first kappa shape index (κ1) is 6.52. The van der Waals surface area contributed by atoms with Crippen molar-refractivity contribution in [1.82, 2.24) is 15.2 Å². The maximum atomic E-state index is 5.41. The van der Waals surface area contributed by atoms with E-state index < -0.39 is 0 Å². The van der Waals surface area contributed by atoms with Crippen molar-refractivity contribution in [2.24, 2.45) is 0 Å². The topological polar surface area (TPSA) is 64.7 Å². The highest BCUT2D eigenvalue weighted by atomic mass is 15.2. The van der Waals surface area contributed by atoms with Gasteiger partial charge in [-0.2, -0.15) is 5.10 Å². The number of hydrogen-bond acceptors (Lipinski definition) is 4. The summed E-state index contributed by atoms with van der Waals surface area (Å²) in [5.74, 6) is 0.894. The van der Waals surface area contributed by atoms with E-state index in [2.05, 4.69) is 15.2 Å². The number of aryl methyl sites for hydroxylation is 1. The summed E-state index contributed by atoms with van der Waals surface area (Å²) >= 11 is 0. The molecule has 4 nitrogen and oxygen atoms in total. The van der Waals surface area contributed by atoms with Crippen molar-refractivity contribution in [2.45, 2.75) is 25.7 Å². The maximum Gasteiger partial charge on any atom is 0.240 e. The fourth-order valence-electron chi connectivity index (χ4n) is 1.15. The summed E-state index contributed by atoms with van der Waals surface area (Å²) in [5.41, 5.74) is 7.37. The fourth-order valence-corrected chi connectivity index (χ4v) is 1.15. The summed E-state index contributed by atoms with van der Waals surface area (Å²) in [6.45, 7) is 1.92. The van der Waals surface area contributed by atoms with Crippen LogP contribution in [-0.4, -0.2) is 15.2 Å². The zero-order chi connectivity index (χ0) is 7.84. The SMILES string of the molecule is Cc1nnc(N)nc1C1CC1. The third-order valence-electron chi connectivity index (χ3n) is 1.87. The molecular weight excluding hydrogens is 140 g/mol. The first-order chi connectivity index (χ1) is 5.27. The molecule has 0 saturated heterocycles. The minimum atomic E-state index is 0.289. The molecule has 4 heteroatoms. The maximum absolute atomic E-state index is 5.41. The monoisotopic (exact) mass is 150 g/mol. The van der Waals surface area contributed by atoms with Crippen LogP contribution in [0.15, 0.2) is 0 Å². The first-order valence-corrected chi connectivity index (χ1v) is 3.74. The minimum absolute atomic E-state index is 0.289. The highest BCUT2D eigenvalue weighted by Gasteiger charge is 2.27. The molecule has 0 spiro atoms. The Balaban J connectivity index is 2.42. The van der Waals surface area contributed by atoms with Crippen LogP contribution in [0, 0.1) is 6.92 Å². The molecule has 58 valence electrons. The molecule has 2 rings (SSSR count). The molecular formula is C7H10N4. The molecule has 1 aromatic heterocycles. The summed E-state index contributed by atoms with van der Waals surface area (Å²) < 4.78 is 0. The second-order valence-electron chi connectivity index (χ2n) is 2.91. The quantitative estimate of drug-likeness (QED) is 0.638. The molecule has 1 aliphatic carbocycles. The highest BCUT2D eigenvalue weighted by molar-refractivity contribution is 5.24. The van der Waals surface area contributed by atoms with Gasteiger partial charge in [-0.3, -0.25) is 0 Å². The summed E-state index contributed by atoms with van der Waals surface area (Å²) in [7, 11) is 0. The molecule has 1 aromatic rings. The second kappa shape index (κ2) is 2.15. The van der Waals surface area contributed by atoms with Crippen LogP contribution >= 0.6 is 0 Å². The lowest BCUT2D eigenvalue weighted by molar-refractivity contribution is 0.866. The van der Waals surface area contributed by atoms with Crippen LogP contribution < -0.4 is 5.73 Å². The predicted octanol–water partition coefficient (Wildman–Crippen LogP) is 0.640. The molecule has 0 aliphatic heterocycles. The van der Waals surface area contributed by atoms with Crippen molar-refractivity contribution in [3.8, 4) is 0 Å². The molecule has 0 bridgehead atoms. The Morgan fingerprint density at radius 2 is 2.09 bits per heavy atom. The zero-order valence-electron chi connectivity index (χ0n) is 6.41. The van der Waals surface area contributed by atoms with Gasteiger partial charge < -0.3 is 5.73 Å². The molecule has 0 unspecified atom stereocenters. The van der Waals surface area contributed by atoms with Gasteiger partial charge in [0, 0.05) is 5.92 Å². The summed E-state index contributed by atoms with van der Waals surface area (Å²) in [5, 5.41) is 7.57. The van der Waals surface area contributed by atoms with Crippen molar-refractivity contribution >= 4 is 5.95 Å². The van der Waals surface area contributed by atoms with E-state index in [-0.39, 0.29) is 5.95 Å². The Morgan fingerprint density at radius 3 is 2.73 bits per heavy atom. The number of anilines is 1. The Bertz CT molecular complexity index is 280. The van der Waals surface area contributed by atoms with Gasteiger partial charge in [-0.25, -0.2) is 4.98 Å². The molecule has 1 fully saturated rings. The zero-order valence-corrected chi connectivity index (χ0v) is 6.41. The van der Waals surface area contributed by atoms with Crippen molar-refractivity contribution < 1.29 is 0 Å². The first-order valence-electron chi connectivity index (χ1n) is 3.74. The summed E-state index contributed by atoms with van der Waals surface area (Å²) in [6.07, 6.45) is 2.44. The van der Waals surface area contributed by atoms with E-state index in [0.717, 1.165) is 11.4 Å². The molecule has 0 atom stereocenters. The highest BCUT2D eigenvalue weighted by Crippen LogP contribution is 2.39. The van der Waals surface area contributed by atoms with Crippen LogP contribution in [0.1, 0.15) is 30.1 Å². The number of nitrogens with two attached hydrogens (primary N) is 1. The number of nitrogens with zero attached hydrogens (tertiary/aromatic N) is 3. The van der Waals surface area contributed by atoms with Gasteiger partial charge >= 0.3 is 0 Å². The molecule has 0 radical (unpaired) electrons. The summed E-state index contributed by atoms with van der Waals surface area (Å²) in [4.78, 5) is 4.14. The van der Waals surface area contributed by atoms with E-state index >= 15 is 0 Å². The Morgan fingerprint density at radius 1 is 1.36 bits per heavy atom. The van der Waals surface area contributed by atoms with Gasteiger partial charge in [0.25, 0.3) is 0 Å². The fraction of sp³-hybridized carbons (Fsp3) is 0.571. The van der Waals surface area contributed by atoms with Crippen LogP contribution in [0.3, 0.4) is 0 Å². The van der Waals surface area contributed by atoms with Gasteiger partial charge in [0.15, 0.2) is 0 Å². The number of rotatable bonds is 1. The molecule has 1 heterocycles. The van der Waals surface area contributed by atoms with E-state index in [1.54, 1.807) is 0 Å². The Hall–Kier alpha value is -1.19. The normalized spacial score (nSPS) is 16.8. The molecule has 0 amide bonds. The largest absolute Gasteiger partial charge is 0.366 e. The van der Waals surface area contributed by atoms with Crippen molar-refractivity contribution in [1.29, 1.82) is 0 Å². The van der Waals surface area contributed by atoms with E-state index in [1.807, 2.05) is 6.92 Å². The molecule has 2 N–H and O–H groups in total. The van der Waals surface area contributed by atoms with Crippen molar-refractivity contribution in [3.63, 3.8) is 0 Å². The van der Waals surface area contributed by atoms with Gasteiger partial charge in [-0.15, -0.1) is 5.10 Å². The lowest BCUT2D eigenvalue weighted by Gasteiger charge is -1.99. The van der Waals surface area contributed by atoms with Gasteiger partial charge in [0.1, 0.15) is 0 Å². The third kappa shape index (κ3) is 1.15. The predicted molar refractivity (Wildman–Crippen MR) is 41.0 cm³/mol. The van der Waals surface area contributed by atoms with Crippen molar-refractivity contribution in [3.05, 3.63) is 11.4 Å². The van der Waals surface area contributed by atoms with Crippen molar-refractivity contribution in [2.75, 3.05) is 5.73 Å². The number of nitrogen functional groups attached to an aromatic ring is 1. The minimum Gasteiger partial charge on any atom is -0.366 e. The van der Waals surface area contributed by atoms with E-state index in [9.17, 15) is 0 Å². The van der Waals surface area contributed by atoms with Gasteiger partial charge in [-0.05, 0) is 19.8 Å². The van der Waals surface area contributed by atoms with E-state index in [0.29, 0.717) is 5.92 Å². The van der Waals surface area contributed by atoms with Gasteiger partial charge in [-0.1, -0.05) is 0 Å². The van der Waals surface area contributed by atoms with Crippen LogP contribution in [0.2, 0.25) is 0 Å². The number of aromatic nitrogens is 3. The van der Waals surface area contributed by atoms with E-state index in [4.69, 9.17) is 5.73 Å². The van der Waals surface area contributed by atoms with Gasteiger partial charge in [0.05, 0.1) is 11.4 Å². The van der Waals surface area contributed by atoms with Crippen LogP contribution in [0.5, 0.6) is 0 Å². The van der Waals surface area contributed by atoms with Gasteiger partial charge in [0.2, 0.25) is 5.95 Å². The Labute approximate surface area is 64.9 Å². The smallest absolute Gasteiger partial charge is 0.240 e. The Kier molecular flexibility index (Phi) is 1.27.